The maximum absolute atomic E-state index is 11.8. The van der Waals surface area contributed by atoms with E-state index >= 15 is 0 Å². The van der Waals surface area contributed by atoms with Crippen LogP contribution in [0, 0.1) is 0 Å². The van der Waals surface area contributed by atoms with Crippen molar-refractivity contribution in [3.8, 4) is 0 Å². The van der Waals surface area contributed by atoms with Crippen LogP contribution in [-0.2, 0) is 19.1 Å². The number of hydrogen-bond acceptors (Lipinski definition) is 6. The van der Waals surface area contributed by atoms with E-state index in [0.717, 1.165) is 25.7 Å². The van der Waals surface area contributed by atoms with Crippen LogP contribution in [0.1, 0.15) is 117 Å². The summed E-state index contributed by atoms with van der Waals surface area (Å²) in [6.07, 6.45) is 14.1. The topological polar surface area (TPSA) is 93.1 Å². The van der Waals surface area contributed by atoms with Gasteiger partial charge in [-0.2, -0.15) is 0 Å². The van der Waals surface area contributed by atoms with Crippen molar-refractivity contribution in [2.45, 2.75) is 129 Å². The summed E-state index contributed by atoms with van der Waals surface area (Å²) in [7, 11) is 0. The normalized spacial score (nSPS) is 13.1. The molecule has 2 atom stereocenters. The molecular weight excluding hydrogens is 384 g/mol. The van der Waals surface area contributed by atoms with E-state index in [0.29, 0.717) is 12.8 Å². The highest BCUT2D eigenvalue weighted by molar-refractivity contribution is 5.85. The SMILES string of the molecule is CCCCCCCCCCOC(=O)[C@H](O)[C@@H](O)C(=O)OCCCCCCCCCC. The van der Waals surface area contributed by atoms with Gasteiger partial charge in [-0.05, 0) is 12.8 Å². The quantitative estimate of drug-likeness (QED) is 0.195. The summed E-state index contributed by atoms with van der Waals surface area (Å²) in [5.74, 6) is -1.95. The molecule has 0 fully saturated rings. The van der Waals surface area contributed by atoms with Gasteiger partial charge in [0, 0.05) is 0 Å². The van der Waals surface area contributed by atoms with E-state index in [1.54, 1.807) is 0 Å². The minimum atomic E-state index is -1.90. The summed E-state index contributed by atoms with van der Waals surface area (Å²) in [5.41, 5.74) is 0. The van der Waals surface area contributed by atoms with Gasteiger partial charge in [0.05, 0.1) is 13.2 Å². The van der Waals surface area contributed by atoms with Gasteiger partial charge in [0.1, 0.15) is 0 Å². The van der Waals surface area contributed by atoms with E-state index in [4.69, 9.17) is 9.47 Å². The highest BCUT2D eigenvalue weighted by Crippen LogP contribution is 2.10. The molecule has 0 aromatic heterocycles. The Hall–Kier alpha value is -1.14. The van der Waals surface area contributed by atoms with E-state index in [-0.39, 0.29) is 13.2 Å². The molecule has 0 aliphatic rings. The molecule has 30 heavy (non-hydrogen) atoms. The first-order valence-corrected chi connectivity index (χ1v) is 12.2. The highest BCUT2D eigenvalue weighted by atomic mass is 16.6. The zero-order chi connectivity index (χ0) is 22.5. The Kier molecular flexibility index (Phi) is 20.3. The number of esters is 2. The fourth-order valence-corrected chi connectivity index (χ4v) is 3.25. The van der Waals surface area contributed by atoms with E-state index in [2.05, 4.69) is 13.8 Å². The van der Waals surface area contributed by atoms with Gasteiger partial charge in [-0.25, -0.2) is 9.59 Å². The first-order valence-electron chi connectivity index (χ1n) is 12.2. The molecule has 2 N–H and O–H groups in total. The van der Waals surface area contributed by atoms with Crippen LogP contribution in [-0.4, -0.2) is 47.6 Å². The molecule has 178 valence electrons. The highest BCUT2D eigenvalue weighted by Gasteiger charge is 2.32. The first-order chi connectivity index (χ1) is 14.5. The fourth-order valence-electron chi connectivity index (χ4n) is 3.25. The second-order valence-electron chi connectivity index (χ2n) is 8.17. The average Bonchev–Trinajstić information content (AvgIpc) is 2.75. The molecule has 6 heteroatoms. The zero-order valence-electron chi connectivity index (χ0n) is 19.4. The summed E-state index contributed by atoms with van der Waals surface area (Å²) < 4.78 is 9.92. The Morgan fingerprint density at radius 2 is 0.800 bits per heavy atom. The lowest BCUT2D eigenvalue weighted by Gasteiger charge is -2.16. The van der Waals surface area contributed by atoms with Crippen LogP contribution in [0.5, 0.6) is 0 Å². The lowest BCUT2D eigenvalue weighted by atomic mass is 10.1. The van der Waals surface area contributed by atoms with E-state index in [9.17, 15) is 19.8 Å². The number of carbonyl (C=O) groups excluding carboxylic acids is 2. The van der Waals surface area contributed by atoms with Crippen molar-refractivity contribution in [2.24, 2.45) is 0 Å². The van der Waals surface area contributed by atoms with Crippen LogP contribution in [0.3, 0.4) is 0 Å². The second kappa shape index (κ2) is 21.1. The van der Waals surface area contributed by atoms with Gasteiger partial charge in [-0.1, -0.05) is 104 Å². The third kappa shape index (κ3) is 16.6. The molecule has 0 saturated heterocycles. The van der Waals surface area contributed by atoms with Crippen molar-refractivity contribution in [3.05, 3.63) is 0 Å². The minimum Gasteiger partial charge on any atom is -0.464 e. The number of aliphatic hydroxyl groups excluding tert-OH is 2. The molecule has 6 nitrogen and oxygen atoms in total. The standard InChI is InChI=1S/C24H46O6/c1-3-5-7-9-11-13-15-17-19-29-23(27)21(25)22(26)24(28)30-20-18-16-14-12-10-8-6-4-2/h21-22,25-26H,3-20H2,1-2H3/t21-,22-/m1/s1. The van der Waals surface area contributed by atoms with Gasteiger partial charge in [-0.3, -0.25) is 0 Å². The number of rotatable bonds is 21. The number of unbranched alkanes of at least 4 members (excludes halogenated alkanes) is 14. The van der Waals surface area contributed by atoms with Crippen molar-refractivity contribution >= 4 is 11.9 Å². The Balaban J connectivity index is 3.69. The second-order valence-corrected chi connectivity index (χ2v) is 8.17. The maximum atomic E-state index is 11.8. The molecule has 0 rings (SSSR count). The number of aliphatic hydroxyl groups is 2. The lowest BCUT2D eigenvalue weighted by Crippen LogP contribution is -2.41. The molecule has 0 aromatic rings. The van der Waals surface area contributed by atoms with Gasteiger partial charge in [0.2, 0.25) is 0 Å². The summed E-state index contributed by atoms with van der Waals surface area (Å²) in [6, 6.07) is 0. The van der Waals surface area contributed by atoms with Crippen LogP contribution in [0.25, 0.3) is 0 Å². The molecule has 0 amide bonds. The number of ether oxygens (including phenoxy) is 2. The van der Waals surface area contributed by atoms with E-state index in [1.807, 2.05) is 0 Å². The monoisotopic (exact) mass is 430 g/mol. The third-order valence-electron chi connectivity index (χ3n) is 5.27. The summed E-state index contributed by atoms with van der Waals surface area (Å²) in [5, 5.41) is 19.6. The van der Waals surface area contributed by atoms with Gasteiger partial charge in [-0.15, -0.1) is 0 Å². The van der Waals surface area contributed by atoms with E-state index < -0.39 is 24.1 Å². The molecule has 0 aromatic carbocycles. The molecule has 0 aliphatic carbocycles. The van der Waals surface area contributed by atoms with Crippen LogP contribution in [0.15, 0.2) is 0 Å². The van der Waals surface area contributed by atoms with Crippen LogP contribution in [0.2, 0.25) is 0 Å². The van der Waals surface area contributed by atoms with Gasteiger partial charge in [0.25, 0.3) is 0 Å². The molecular formula is C24H46O6. The van der Waals surface area contributed by atoms with Crippen LogP contribution < -0.4 is 0 Å². The molecule has 0 bridgehead atoms. The van der Waals surface area contributed by atoms with Crippen molar-refractivity contribution in [1.82, 2.24) is 0 Å². The van der Waals surface area contributed by atoms with E-state index in [1.165, 1.54) is 64.2 Å². The summed E-state index contributed by atoms with van der Waals surface area (Å²) >= 11 is 0. The average molecular weight is 431 g/mol. The first kappa shape index (κ1) is 28.9. The Labute approximate surface area is 183 Å². The zero-order valence-corrected chi connectivity index (χ0v) is 19.4. The van der Waals surface area contributed by atoms with Crippen molar-refractivity contribution in [2.75, 3.05) is 13.2 Å². The van der Waals surface area contributed by atoms with Crippen molar-refractivity contribution < 1.29 is 29.3 Å². The lowest BCUT2D eigenvalue weighted by molar-refractivity contribution is -0.173. The van der Waals surface area contributed by atoms with Gasteiger partial charge in [0.15, 0.2) is 12.2 Å². The molecule has 0 aliphatic heterocycles. The van der Waals surface area contributed by atoms with Crippen molar-refractivity contribution in [1.29, 1.82) is 0 Å². The van der Waals surface area contributed by atoms with Crippen molar-refractivity contribution in [3.63, 3.8) is 0 Å². The Bertz CT molecular complexity index is 375. The van der Waals surface area contributed by atoms with Gasteiger partial charge >= 0.3 is 11.9 Å². The van der Waals surface area contributed by atoms with Gasteiger partial charge < -0.3 is 19.7 Å². The molecule has 0 heterocycles. The summed E-state index contributed by atoms with van der Waals surface area (Å²) in [4.78, 5) is 23.6. The number of carbonyl (C=O) groups is 2. The number of hydrogen-bond donors (Lipinski definition) is 2. The molecule has 0 unspecified atom stereocenters. The largest absolute Gasteiger partial charge is 0.464 e. The fraction of sp³-hybridized carbons (Fsp3) is 0.917. The Morgan fingerprint density at radius 1 is 0.533 bits per heavy atom. The smallest absolute Gasteiger partial charge is 0.338 e. The van der Waals surface area contributed by atoms with Crippen LogP contribution in [0.4, 0.5) is 0 Å². The Morgan fingerprint density at radius 3 is 1.10 bits per heavy atom. The maximum Gasteiger partial charge on any atom is 0.338 e. The third-order valence-corrected chi connectivity index (χ3v) is 5.27. The summed E-state index contributed by atoms with van der Waals surface area (Å²) in [6.45, 7) is 4.75. The molecule has 0 saturated carbocycles. The predicted octanol–water partition coefficient (Wildman–Crippen LogP) is 5.08. The minimum absolute atomic E-state index is 0.185. The molecule has 0 radical (unpaired) electrons. The van der Waals surface area contributed by atoms with Crippen LogP contribution >= 0.6 is 0 Å². The predicted molar refractivity (Wildman–Crippen MR) is 119 cm³/mol. The molecule has 0 spiro atoms.